The van der Waals surface area contributed by atoms with Gasteiger partial charge in [-0.3, -0.25) is 4.79 Å². The minimum atomic E-state index is 0.00836. The number of carbonyl (C=O) groups excluding carboxylic acids is 1. The Morgan fingerprint density at radius 2 is 1.55 bits per heavy atom. The highest BCUT2D eigenvalue weighted by Crippen LogP contribution is 2.39. The molecule has 3 aromatic rings. The van der Waals surface area contributed by atoms with Gasteiger partial charge in [0.05, 0.1) is 27.9 Å². The van der Waals surface area contributed by atoms with Gasteiger partial charge in [0.15, 0.2) is 17.3 Å². The lowest BCUT2D eigenvalue weighted by Gasteiger charge is -2.15. The van der Waals surface area contributed by atoms with E-state index in [1.54, 1.807) is 33.5 Å². The van der Waals surface area contributed by atoms with Gasteiger partial charge in [0.1, 0.15) is 0 Å². The van der Waals surface area contributed by atoms with Crippen molar-refractivity contribution in [1.29, 1.82) is 0 Å². The van der Waals surface area contributed by atoms with Gasteiger partial charge in [-0.1, -0.05) is 18.2 Å². The molecule has 0 saturated carbocycles. The van der Waals surface area contributed by atoms with Crippen LogP contribution < -0.4 is 19.5 Å². The van der Waals surface area contributed by atoms with Gasteiger partial charge in [-0.05, 0) is 32.0 Å². The lowest BCUT2D eigenvalue weighted by Crippen LogP contribution is -2.15. The third kappa shape index (κ3) is 4.06. The number of methoxy groups -OCH3 is 3. The summed E-state index contributed by atoms with van der Waals surface area (Å²) in [6, 6.07) is 15.5. The molecule has 0 aliphatic rings. The van der Waals surface area contributed by atoms with Crippen LogP contribution >= 0.6 is 0 Å². The lowest BCUT2D eigenvalue weighted by atomic mass is 10.1. The Kier molecular flexibility index (Phi) is 6.12. The smallest absolute Gasteiger partial charge is 0.203 e. The fourth-order valence-electron chi connectivity index (χ4n) is 3.48. The molecule has 0 atom stereocenters. The second kappa shape index (κ2) is 8.73. The van der Waals surface area contributed by atoms with Crippen molar-refractivity contribution < 1.29 is 19.0 Å². The van der Waals surface area contributed by atoms with Gasteiger partial charge in [0.2, 0.25) is 5.75 Å². The molecule has 152 valence electrons. The van der Waals surface area contributed by atoms with Crippen molar-refractivity contribution in [3.8, 4) is 22.9 Å². The molecule has 0 aliphatic carbocycles. The topological polar surface area (TPSA) is 61.7 Å². The van der Waals surface area contributed by atoms with Crippen LogP contribution in [-0.2, 0) is 0 Å². The first kappa shape index (κ1) is 20.3. The Hall–Kier alpha value is -3.41. The van der Waals surface area contributed by atoms with E-state index in [1.165, 1.54) is 0 Å². The molecule has 0 unspecified atom stereocenters. The summed E-state index contributed by atoms with van der Waals surface area (Å²) < 4.78 is 18.2. The number of rotatable bonds is 8. The van der Waals surface area contributed by atoms with Crippen LogP contribution in [0.5, 0.6) is 17.2 Å². The number of aryl methyl sites for hydroxylation is 1. The van der Waals surface area contributed by atoms with E-state index in [9.17, 15) is 4.79 Å². The maximum Gasteiger partial charge on any atom is 0.203 e. The molecule has 0 fully saturated rings. The number of ketones is 1. The SMILES string of the molecule is COc1cc(NCC(=O)c2cc(C)n(-c3ccccc3)c2C)cc(OC)c1OC. The number of Topliss-reactive ketones (excluding diaryl/α,β-unsaturated/α-hetero) is 1. The fourth-order valence-corrected chi connectivity index (χ4v) is 3.48. The largest absolute Gasteiger partial charge is 0.493 e. The maximum atomic E-state index is 12.9. The van der Waals surface area contributed by atoms with Gasteiger partial charge in [0, 0.05) is 40.5 Å². The third-order valence-corrected chi connectivity index (χ3v) is 4.86. The maximum absolute atomic E-state index is 12.9. The lowest BCUT2D eigenvalue weighted by molar-refractivity contribution is 0.101. The summed E-state index contributed by atoms with van der Waals surface area (Å²) in [6.45, 7) is 4.12. The predicted octanol–water partition coefficient (Wildman–Crippen LogP) is 4.41. The minimum Gasteiger partial charge on any atom is -0.493 e. The zero-order valence-corrected chi connectivity index (χ0v) is 17.4. The molecule has 2 aromatic carbocycles. The summed E-state index contributed by atoms with van der Waals surface area (Å²) in [4.78, 5) is 12.9. The third-order valence-electron chi connectivity index (χ3n) is 4.86. The molecular weight excluding hydrogens is 368 g/mol. The summed E-state index contributed by atoms with van der Waals surface area (Å²) in [5.74, 6) is 1.58. The Balaban J connectivity index is 1.82. The predicted molar refractivity (Wildman–Crippen MR) is 114 cm³/mol. The first-order chi connectivity index (χ1) is 14.0. The van der Waals surface area contributed by atoms with Crippen LogP contribution in [0.2, 0.25) is 0 Å². The normalized spacial score (nSPS) is 10.5. The summed E-state index contributed by atoms with van der Waals surface area (Å²) >= 11 is 0. The number of nitrogens with zero attached hydrogens (tertiary/aromatic N) is 1. The standard InChI is InChI=1S/C23H26N2O4/c1-15-11-19(16(2)25(15)18-9-7-6-8-10-18)20(26)14-24-17-12-21(27-3)23(29-5)22(13-17)28-4/h6-13,24H,14H2,1-5H3. The Morgan fingerprint density at radius 1 is 0.931 bits per heavy atom. The molecule has 6 heteroatoms. The zero-order valence-electron chi connectivity index (χ0n) is 17.4. The van der Waals surface area contributed by atoms with E-state index in [0.717, 1.165) is 17.1 Å². The van der Waals surface area contributed by atoms with Crippen LogP contribution in [0.25, 0.3) is 5.69 Å². The van der Waals surface area contributed by atoms with Crippen LogP contribution in [-0.4, -0.2) is 38.2 Å². The van der Waals surface area contributed by atoms with E-state index in [-0.39, 0.29) is 12.3 Å². The average molecular weight is 394 g/mol. The zero-order chi connectivity index (χ0) is 21.0. The second-order valence-electron chi connectivity index (χ2n) is 6.65. The first-order valence-electron chi connectivity index (χ1n) is 9.31. The highest BCUT2D eigenvalue weighted by Gasteiger charge is 2.18. The summed E-state index contributed by atoms with van der Waals surface area (Å²) in [5.41, 5.74) is 4.39. The van der Waals surface area contributed by atoms with E-state index in [4.69, 9.17) is 14.2 Å². The highest BCUT2D eigenvalue weighted by atomic mass is 16.5. The van der Waals surface area contributed by atoms with Crippen molar-refractivity contribution in [2.75, 3.05) is 33.2 Å². The second-order valence-corrected chi connectivity index (χ2v) is 6.65. The summed E-state index contributed by atoms with van der Waals surface area (Å²) in [6.07, 6.45) is 0. The molecule has 0 aliphatic heterocycles. The van der Waals surface area contributed by atoms with E-state index in [2.05, 4.69) is 9.88 Å². The number of benzene rings is 2. The number of carbonyl (C=O) groups is 1. The quantitative estimate of drug-likeness (QED) is 0.573. The summed E-state index contributed by atoms with van der Waals surface area (Å²) in [5, 5.41) is 3.17. The van der Waals surface area contributed by atoms with Crippen molar-refractivity contribution in [1.82, 2.24) is 4.57 Å². The highest BCUT2D eigenvalue weighted by molar-refractivity contribution is 6.00. The molecule has 0 radical (unpaired) electrons. The average Bonchev–Trinajstić information content (AvgIpc) is 3.05. The molecule has 0 saturated heterocycles. The molecule has 0 spiro atoms. The molecule has 29 heavy (non-hydrogen) atoms. The molecule has 1 aromatic heterocycles. The number of anilines is 1. The number of aromatic nitrogens is 1. The van der Waals surface area contributed by atoms with Gasteiger partial charge in [-0.2, -0.15) is 0 Å². The monoisotopic (exact) mass is 394 g/mol. The van der Waals surface area contributed by atoms with Crippen molar-refractivity contribution in [2.45, 2.75) is 13.8 Å². The van der Waals surface area contributed by atoms with E-state index in [0.29, 0.717) is 28.5 Å². The molecule has 0 bridgehead atoms. The van der Waals surface area contributed by atoms with Gasteiger partial charge < -0.3 is 24.1 Å². The minimum absolute atomic E-state index is 0.00836. The van der Waals surface area contributed by atoms with Crippen molar-refractivity contribution in [2.24, 2.45) is 0 Å². The fraction of sp³-hybridized carbons (Fsp3) is 0.261. The van der Waals surface area contributed by atoms with Gasteiger partial charge in [0.25, 0.3) is 0 Å². The van der Waals surface area contributed by atoms with Gasteiger partial charge >= 0.3 is 0 Å². The first-order valence-corrected chi connectivity index (χ1v) is 9.31. The number of hydrogen-bond acceptors (Lipinski definition) is 5. The number of ether oxygens (including phenoxy) is 3. The Labute approximate surface area is 171 Å². The number of hydrogen-bond donors (Lipinski definition) is 1. The van der Waals surface area contributed by atoms with Crippen LogP contribution in [0.1, 0.15) is 21.7 Å². The van der Waals surface area contributed by atoms with Crippen molar-refractivity contribution >= 4 is 11.5 Å². The summed E-state index contributed by atoms with van der Waals surface area (Å²) in [7, 11) is 4.68. The molecule has 0 amide bonds. The van der Waals surface area contributed by atoms with Crippen LogP contribution in [0.3, 0.4) is 0 Å². The Bertz CT molecular complexity index is 984. The van der Waals surface area contributed by atoms with E-state index in [1.807, 2.05) is 50.2 Å². The number of para-hydroxylation sites is 1. The van der Waals surface area contributed by atoms with E-state index < -0.39 is 0 Å². The van der Waals surface area contributed by atoms with Crippen molar-refractivity contribution in [3.63, 3.8) is 0 Å². The van der Waals surface area contributed by atoms with E-state index >= 15 is 0 Å². The van der Waals surface area contributed by atoms with Crippen LogP contribution in [0.15, 0.2) is 48.5 Å². The van der Waals surface area contributed by atoms with Crippen molar-refractivity contribution in [3.05, 3.63) is 65.5 Å². The van der Waals surface area contributed by atoms with Gasteiger partial charge in [-0.25, -0.2) is 0 Å². The molecule has 1 N–H and O–H groups in total. The van der Waals surface area contributed by atoms with Gasteiger partial charge in [-0.15, -0.1) is 0 Å². The van der Waals surface area contributed by atoms with Crippen LogP contribution in [0.4, 0.5) is 5.69 Å². The molecule has 1 heterocycles. The molecule has 6 nitrogen and oxygen atoms in total. The molecular formula is C23H26N2O4. The number of nitrogens with one attached hydrogen (secondary N) is 1. The Morgan fingerprint density at radius 3 is 2.10 bits per heavy atom. The molecule has 3 rings (SSSR count). The van der Waals surface area contributed by atoms with Crippen LogP contribution in [0, 0.1) is 13.8 Å².